The molecule has 27 heavy (non-hydrogen) atoms. The molecule has 2 aliphatic heterocycles. The van der Waals surface area contributed by atoms with E-state index in [2.05, 4.69) is 7.05 Å². The van der Waals surface area contributed by atoms with Crippen molar-refractivity contribution in [2.24, 2.45) is 0 Å². The Labute approximate surface area is 156 Å². The first-order chi connectivity index (χ1) is 13.1. The third kappa shape index (κ3) is 3.17. The van der Waals surface area contributed by atoms with Gasteiger partial charge in [-0.3, -0.25) is 4.79 Å². The van der Waals surface area contributed by atoms with E-state index in [0.29, 0.717) is 22.8 Å². The van der Waals surface area contributed by atoms with Crippen LogP contribution in [0.4, 0.5) is 4.39 Å². The topological polar surface area (TPSA) is 49.2 Å². The van der Waals surface area contributed by atoms with Crippen LogP contribution in [0.5, 0.6) is 17.2 Å². The molecule has 0 fully saturated rings. The molecule has 0 amide bonds. The Bertz CT molecular complexity index is 921. The fraction of sp³-hybridized carbons (Fsp3) is 0.286. The molecule has 0 spiro atoms. The van der Waals surface area contributed by atoms with E-state index < -0.39 is 0 Å². The van der Waals surface area contributed by atoms with Crippen LogP contribution in [-0.4, -0.2) is 33.3 Å². The summed E-state index contributed by atoms with van der Waals surface area (Å²) in [6.45, 7) is 1.76. The number of methoxy groups -OCH3 is 1. The van der Waals surface area contributed by atoms with E-state index in [-0.39, 0.29) is 18.4 Å². The number of ketones is 1. The Morgan fingerprint density at radius 2 is 1.93 bits per heavy atom. The molecule has 1 N–H and O–H groups in total. The predicted molar refractivity (Wildman–Crippen MR) is 98.0 cm³/mol. The molecule has 5 nitrogen and oxygen atoms in total. The van der Waals surface area contributed by atoms with Gasteiger partial charge in [0, 0.05) is 6.42 Å². The quantitative estimate of drug-likeness (QED) is 0.661. The average molecular weight is 370 g/mol. The first-order valence-electron chi connectivity index (χ1n) is 8.89. The lowest BCUT2D eigenvalue weighted by Gasteiger charge is -2.26. The van der Waals surface area contributed by atoms with Gasteiger partial charge in [0.1, 0.15) is 12.4 Å². The van der Waals surface area contributed by atoms with E-state index in [1.165, 1.54) is 23.1 Å². The molecule has 4 rings (SSSR count). The third-order valence-electron chi connectivity index (χ3n) is 5.01. The van der Waals surface area contributed by atoms with Crippen LogP contribution in [-0.2, 0) is 13.0 Å². The summed E-state index contributed by atoms with van der Waals surface area (Å²) < 4.78 is 29.9. The van der Waals surface area contributed by atoms with Gasteiger partial charge < -0.3 is 19.1 Å². The second-order valence-electron chi connectivity index (χ2n) is 6.81. The summed E-state index contributed by atoms with van der Waals surface area (Å²) >= 11 is 0. The Kier molecular flexibility index (Phi) is 4.58. The van der Waals surface area contributed by atoms with E-state index in [4.69, 9.17) is 14.2 Å². The van der Waals surface area contributed by atoms with E-state index in [1.54, 1.807) is 25.3 Å². The Morgan fingerprint density at radius 1 is 1.19 bits per heavy atom. The molecule has 6 heteroatoms. The third-order valence-corrected chi connectivity index (χ3v) is 5.01. The lowest BCUT2D eigenvalue weighted by molar-refractivity contribution is -0.895. The zero-order valence-corrected chi connectivity index (χ0v) is 15.3. The molecule has 0 bridgehead atoms. The molecule has 140 valence electrons. The van der Waals surface area contributed by atoms with Crippen LogP contribution < -0.4 is 19.1 Å². The number of quaternary nitrogens is 1. The summed E-state index contributed by atoms with van der Waals surface area (Å²) in [6.07, 6.45) is 3.95. The normalized spacial score (nSPS) is 17.8. The molecule has 1 atom stereocenters. The number of hydrogen-bond acceptors (Lipinski definition) is 4. The van der Waals surface area contributed by atoms with Crippen molar-refractivity contribution >= 4 is 11.9 Å². The van der Waals surface area contributed by atoms with Gasteiger partial charge in [0.15, 0.2) is 17.3 Å². The smallest absolute Gasteiger partial charge is 0.231 e. The number of ether oxygens (including phenoxy) is 3. The van der Waals surface area contributed by atoms with Gasteiger partial charge in [-0.15, -0.1) is 0 Å². The summed E-state index contributed by atoms with van der Waals surface area (Å²) in [5.74, 6) is 1.16. The number of fused-ring (bicyclic) bond motifs is 2. The molecule has 0 radical (unpaired) electrons. The van der Waals surface area contributed by atoms with E-state index in [1.807, 2.05) is 0 Å². The predicted octanol–water partition coefficient (Wildman–Crippen LogP) is 2.03. The minimum Gasteiger partial charge on any atom is -0.492 e. The zero-order valence-electron chi connectivity index (χ0n) is 15.3. The first-order valence-corrected chi connectivity index (χ1v) is 8.89. The second-order valence-corrected chi connectivity index (χ2v) is 6.81. The van der Waals surface area contributed by atoms with Crippen LogP contribution in [0.15, 0.2) is 30.3 Å². The molecular formula is C21H21FNO4+. The number of nitrogens with one attached hydrogen (secondary N) is 1. The van der Waals surface area contributed by atoms with Crippen LogP contribution in [0.1, 0.15) is 27.0 Å². The van der Waals surface area contributed by atoms with Crippen molar-refractivity contribution < 1.29 is 28.3 Å². The van der Waals surface area contributed by atoms with Crippen LogP contribution >= 0.6 is 0 Å². The maximum Gasteiger partial charge on any atom is 0.231 e. The van der Waals surface area contributed by atoms with Crippen molar-refractivity contribution in [1.29, 1.82) is 0 Å². The van der Waals surface area contributed by atoms with Gasteiger partial charge in [-0.1, -0.05) is 18.2 Å². The highest BCUT2D eigenvalue weighted by atomic mass is 19.1. The fourth-order valence-corrected chi connectivity index (χ4v) is 3.69. The van der Waals surface area contributed by atoms with Gasteiger partial charge in [0.05, 0.1) is 31.8 Å². The van der Waals surface area contributed by atoms with Gasteiger partial charge in [0.25, 0.3) is 0 Å². The maximum absolute atomic E-state index is 13.1. The van der Waals surface area contributed by atoms with Crippen molar-refractivity contribution in [3.05, 3.63) is 58.4 Å². The fourth-order valence-electron chi connectivity index (χ4n) is 3.69. The standard InChI is InChI=1S/C21H20FNO4/c1-23-10-9-15-16(11-23)19(25-2)21-20(26-12-27-21)18(15)17(24)8-5-13-3-6-14(22)7-4-13/h3-8H,9-12H2,1-2H3/p+1/b8-5+. The largest absolute Gasteiger partial charge is 0.492 e. The second kappa shape index (κ2) is 7.04. The Morgan fingerprint density at radius 3 is 2.67 bits per heavy atom. The average Bonchev–Trinajstić information content (AvgIpc) is 3.14. The van der Waals surface area contributed by atoms with Crippen molar-refractivity contribution in [3.8, 4) is 17.2 Å². The van der Waals surface area contributed by atoms with E-state index in [9.17, 15) is 9.18 Å². The molecule has 2 aromatic rings. The van der Waals surface area contributed by atoms with Gasteiger partial charge in [-0.25, -0.2) is 4.39 Å². The van der Waals surface area contributed by atoms with Crippen LogP contribution in [0.2, 0.25) is 0 Å². The molecule has 2 aliphatic rings. The summed E-state index contributed by atoms with van der Waals surface area (Å²) in [7, 11) is 3.72. The molecule has 1 unspecified atom stereocenters. The highest BCUT2D eigenvalue weighted by Crippen LogP contribution is 2.48. The highest BCUT2D eigenvalue weighted by molar-refractivity contribution is 6.11. The van der Waals surface area contributed by atoms with Crippen molar-refractivity contribution in [1.82, 2.24) is 0 Å². The van der Waals surface area contributed by atoms with Crippen molar-refractivity contribution in [3.63, 3.8) is 0 Å². The maximum atomic E-state index is 13.1. The Balaban J connectivity index is 1.78. The van der Waals surface area contributed by atoms with Gasteiger partial charge in [-0.05, 0) is 29.3 Å². The van der Waals surface area contributed by atoms with E-state index in [0.717, 1.165) is 36.2 Å². The summed E-state index contributed by atoms with van der Waals surface area (Å²) in [4.78, 5) is 14.4. The van der Waals surface area contributed by atoms with Crippen molar-refractivity contribution in [2.75, 3.05) is 27.5 Å². The number of halogens is 1. The molecule has 0 aromatic heterocycles. The molecule has 0 aliphatic carbocycles. The van der Waals surface area contributed by atoms with Crippen LogP contribution in [0.25, 0.3) is 6.08 Å². The molecule has 2 heterocycles. The number of allylic oxidation sites excluding steroid dienone is 1. The number of carbonyl (C=O) groups excluding carboxylic acids is 1. The lowest BCUT2D eigenvalue weighted by Crippen LogP contribution is -3.08. The number of likely N-dealkylation sites (N-methyl/N-ethyl adjacent to an activating group) is 1. The summed E-state index contributed by atoms with van der Waals surface area (Å²) in [5, 5.41) is 0. The van der Waals surface area contributed by atoms with Gasteiger partial charge in [-0.2, -0.15) is 0 Å². The minimum atomic E-state index is -0.308. The van der Waals surface area contributed by atoms with Gasteiger partial charge in [0.2, 0.25) is 12.5 Å². The highest BCUT2D eigenvalue weighted by Gasteiger charge is 2.35. The van der Waals surface area contributed by atoms with E-state index >= 15 is 0 Å². The number of carbonyl (C=O) groups is 1. The number of hydrogen-bond donors (Lipinski definition) is 1. The van der Waals surface area contributed by atoms with Crippen LogP contribution in [0.3, 0.4) is 0 Å². The van der Waals surface area contributed by atoms with Crippen molar-refractivity contribution in [2.45, 2.75) is 13.0 Å². The number of benzene rings is 2. The number of rotatable bonds is 4. The minimum absolute atomic E-state index is 0.0687. The zero-order chi connectivity index (χ0) is 19.0. The first kappa shape index (κ1) is 17.5. The molecule has 2 aromatic carbocycles. The molecule has 0 saturated carbocycles. The summed E-state index contributed by atoms with van der Waals surface area (Å²) in [6, 6.07) is 6.00. The molecular weight excluding hydrogens is 349 g/mol. The SMILES string of the molecule is COc1c2c(c(C(=O)/C=C/c3ccc(F)cc3)c3c1OCO3)CC[NH+](C)C2. The van der Waals surface area contributed by atoms with Crippen LogP contribution in [0, 0.1) is 5.82 Å². The monoisotopic (exact) mass is 370 g/mol. The van der Waals surface area contributed by atoms with Gasteiger partial charge >= 0.3 is 0 Å². The summed E-state index contributed by atoms with van der Waals surface area (Å²) in [5.41, 5.74) is 3.27. The Hall–Kier alpha value is -2.86. The lowest BCUT2D eigenvalue weighted by atomic mass is 9.90. The molecule has 0 saturated heterocycles.